The quantitative estimate of drug-likeness (QED) is 0.767. The van der Waals surface area contributed by atoms with E-state index in [4.69, 9.17) is 0 Å². The van der Waals surface area contributed by atoms with Crippen LogP contribution in [0.5, 0.6) is 0 Å². The minimum Gasteiger partial charge on any atom is -0.384 e. The summed E-state index contributed by atoms with van der Waals surface area (Å²) in [5.74, 6) is 0. The molecule has 0 saturated carbocycles. The van der Waals surface area contributed by atoms with Crippen molar-refractivity contribution in [2.75, 3.05) is 0 Å². The number of nitrogens with zero attached hydrogens (tertiary/aromatic N) is 3. The molecule has 0 fully saturated rings. The SMILES string of the molecule is CC(C)(O)c1cn(CC(F)F)nn1. The second kappa shape index (κ2) is 3.37. The smallest absolute Gasteiger partial charge is 0.257 e. The number of hydrogen-bond acceptors (Lipinski definition) is 3. The van der Waals surface area contributed by atoms with Gasteiger partial charge in [0.15, 0.2) is 0 Å². The van der Waals surface area contributed by atoms with Crippen molar-refractivity contribution in [2.45, 2.75) is 32.4 Å². The summed E-state index contributed by atoms with van der Waals surface area (Å²) in [5.41, 5.74) is -0.853. The second-order valence-corrected chi connectivity index (χ2v) is 3.28. The highest BCUT2D eigenvalue weighted by Crippen LogP contribution is 2.15. The van der Waals surface area contributed by atoms with E-state index in [1.165, 1.54) is 20.0 Å². The van der Waals surface area contributed by atoms with Gasteiger partial charge in [0.05, 0.1) is 6.20 Å². The fraction of sp³-hybridized carbons (Fsp3) is 0.714. The monoisotopic (exact) mass is 191 g/mol. The van der Waals surface area contributed by atoms with Gasteiger partial charge in [-0.3, -0.25) is 0 Å². The summed E-state index contributed by atoms with van der Waals surface area (Å²) in [4.78, 5) is 0. The van der Waals surface area contributed by atoms with Gasteiger partial charge in [0.1, 0.15) is 17.8 Å². The first-order valence-corrected chi connectivity index (χ1v) is 3.80. The maximum atomic E-state index is 11.9. The van der Waals surface area contributed by atoms with Crippen molar-refractivity contribution >= 4 is 0 Å². The van der Waals surface area contributed by atoms with E-state index in [9.17, 15) is 13.9 Å². The van der Waals surface area contributed by atoms with E-state index >= 15 is 0 Å². The van der Waals surface area contributed by atoms with E-state index in [0.717, 1.165) is 4.68 Å². The van der Waals surface area contributed by atoms with E-state index < -0.39 is 18.6 Å². The lowest BCUT2D eigenvalue weighted by atomic mass is 10.1. The maximum absolute atomic E-state index is 11.9. The van der Waals surface area contributed by atoms with Crippen molar-refractivity contribution in [3.63, 3.8) is 0 Å². The van der Waals surface area contributed by atoms with Crippen LogP contribution < -0.4 is 0 Å². The Morgan fingerprint density at radius 3 is 2.62 bits per heavy atom. The Balaban J connectivity index is 2.75. The molecule has 4 nitrogen and oxygen atoms in total. The lowest BCUT2D eigenvalue weighted by molar-refractivity contribution is 0.0735. The molecule has 0 spiro atoms. The Kier molecular flexibility index (Phi) is 2.60. The number of aliphatic hydroxyl groups is 1. The molecule has 1 aromatic rings. The molecule has 0 aliphatic carbocycles. The Hall–Kier alpha value is -1.04. The van der Waals surface area contributed by atoms with Crippen LogP contribution in [0.25, 0.3) is 0 Å². The topological polar surface area (TPSA) is 50.9 Å². The molecule has 0 bridgehead atoms. The first-order valence-electron chi connectivity index (χ1n) is 3.80. The van der Waals surface area contributed by atoms with Crippen molar-refractivity contribution in [3.05, 3.63) is 11.9 Å². The largest absolute Gasteiger partial charge is 0.384 e. The Bertz CT molecular complexity index is 280. The number of rotatable bonds is 3. The summed E-state index contributed by atoms with van der Waals surface area (Å²) in [5, 5.41) is 16.5. The third-order valence-corrected chi connectivity index (χ3v) is 1.49. The number of alkyl halides is 2. The summed E-state index contributed by atoms with van der Waals surface area (Å²) in [7, 11) is 0. The predicted octanol–water partition coefficient (Wildman–Crippen LogP) is 0.771. The van der Waals surface area contributed by atoms with Crippen LogP contribution in [0.1, 0.15) is 19.5 Å². The molecular formula is C7H11F2N3O. The van der Waals surface area contributed by atoms with Gasteiger partial charge in [-0.1, -0.05) is 5.21 Å². The lowest BCUT2D eigenvalue weighted by Gasteiger charge is -2.11. The standard InChI is InChI=1S/C7H11F2N3O/c1-7(2,13)5-3-12(11-10-5)4-6(8)9/h3,6,13H,4H2,1-2H3. The molecule has 0 saturated heterocycles. The first kappa shape index (κ1) is 10.0. The molecule has 0 aromatic carbocycles. The molecule has 1 N–H and O–H groups in total. The van der Waals surface area contributed by atoms with Crippen LogP contribution in [0.15, 0.2) is 6.20 Å². The Morgan fingerprint density at radius 1 is 1.62 bits per heavy atom. The summed E-state index contributed by atoms with van der Waals surface area (Å²) < 4.78 is 24.8. The van der Waals surface area contributed by atoms with Crippen molar-refractivity contribution in [2.24, 2.45) is 0 Å². The zero-order valence-corrected chi connectivity index (χ0v) is 7.41. The fourth-order valence-electron chi connectivity index (χ4n) is 0.809. The van der Waals surface area contributed by atoms with Gasteiger partial charge in [-0.15, -0.1) is 5.10 Å². The first-order chi connectivity index (χ1) is 5.89. The van der Waals surface area contributed by atoms with Crippen LogP contribution in [-0.2, 0) is 12.1 Å². The van der Waals surface area contributed by atoms with Gasteiger partial charge in [-0.2, -0.15) is 0 Å². The Morgan fingerprint density at radius 2 is 2.23 bits per heavy atom. The zero-order chi connectivity index (χ0) is 10.1. The van der Waals surface area contributed by atoms with Crippen LogP contribution >= 0.6 is 0 Å². The fourth-order valence-corrected chi connectivity index (χ4v) is 0.809. The third-order valence-electron chi connectivity index (χ3n) is 1.49. The molecule has 1 aromatic heterocycles. The van der Waals surface area contributed by atoms with E-state index in [1.807, 2.05) is 0 Å². The molecule has 0 aliphatic heterocycles. The van der Waals surface area contributed by atoms with E-state index in [-0.39, 0.29) is 5.69 Å². The molecule has 1 rings (SSSR count). The highest BCUT2D eigenvalue weighted by molar-refractivity contribution is 5.02. The molecule has 74 valence electrons. The minimum atomic E-state index is -2.46. The van der Waals surface area contributed by atoms with Crippen molar-refractivity contribution in [3.8, 4) is 0 Å². The number of hydrogen-bond donors (Lipinski definition) is 1. The van der Waals surface area contributed by atoms with Crippen LogP contribution in [0, 0.1) is 0 Å². The van der Waals surface area contributed by atoms with Crippen molar-refractivity contribution < 1.29 is 13.9 Å². The van der Waals surface area contributed by atoms with Gasteiger partial charge in [0, 0.05) is 0 Å². The van der Waals surface area contributed by atoms with Gasteiger partial charge >= 0.3 is 0 Å². The van der Waals surface area contributed by atoms with Gasteiger partial charge < -0.3 is 5.11 Å². The highest BCUT2D eigenvalue weighted by Gasteiger charge is 2.20. The maximum Gasteiger partial charge on any atom is 0.257 e. The third kappa shape index (κ3) is 2.73. The molecule has 0 atom stereocenters. The van der Waals surface area contributed by atoms with Crippen LogP contribution in [0.3, 0.4) is 0 Å². The molecule has 13 heavy (non-hydrogen) atoms. The molecular weight excluding hydrogens is 180 g/mol. The van der Waals surface area contributed by atoms with Crippen molar-refractivity contribution in [1.82, 2.24) is 15.0 Å². The van der Waals surface area contributed by atoms with E-state index in [0.29, 0.717) is 0 Å². The van der Waals surface area contributed by atoms with Gasteiger partial charge in [-0.05, 0) is 13.8 Å². The second-order valence-electron chi connectivity index (χ2n) is 3.28. The normalized spacial score (nSPS) is 12.5. The van der Waals surface area contributed by atoms with Crippen LogP contribution in [-0.4, -0.2) is 26.5 Å². The van der Waals surface area contributed by atoms with Crippen LogP contribution in [0.2, 0.25) is 0 Å². The molecule has 1 heterocycles. The molecule has 0 amide bonds. The summed E-state index contributed by atoms with van der Waals surface area (Å²) in [6, 6.07) is 0. The predicted molar refractivity (Wildman–Crippen MR) is 41.3 cm³/mol. The van der Waals surface area contributed by atoms with Gasteiger partial charge in [0.25, 0.3) is 6.43 Å². The molecule has 6 heteroatoms. The molecule has 0 radical (unpaired) electrons. The number of aromatic nitrogens is 3. The average molecular weight is 191 g/mol. The summed E-state index contributed by atoms with van der Waals surface area (Å²) in [6.45, 7) is 2.54. The molecule has 0 aliphatic rings. The zero-order valence-electron chi connectivity index (χ0n) is 7.41. The Labute approximate surface area is 74.2 Å². The van der Waals surface area contributed by atoms with Gasteiger partial charge in [0.2, 0.25) is 0 Å². The lowest BCUT2D eigenvalue weighted by Crippen LogP contribution is -2.16. The minimum absolute atomic E-state index is 0.285. The average Bonchev–Trinajstić information content (AvgIpc) is 2.32. The summed E-state index contributed by atoms with van der Waals surface area (Å²) in [6.07, 6.45) is -1.15. The highest BCUT2D eigenvalue weighted by atomic mass is 19.3. The molecule has 0 unspecified atom stereocenters. The van der Waals surface area contributed by atoms with E-state index in [2.05, 4.69) is 10.3 Å². The van der Waals surface area contributed by atoms with Gasteiger partial charge in [-0.25, -0.2) is 13.5 Å². The summed E-state index contributed by atoms with van der Waals surface area (Å²) >= 11 is 0. The number of halogens is 2. The van der Waals surface area contributed by atoms with Crippen LogP contribution in [0.4, 0.5) is 8.78 Å². The van der Waals surface area contributed by atoms with Crippen molar-refractivity contribution in [1.29, 1.82) is 0 Å². The van der Waals surface area contributed by atoms with E-state index in [1.54, 1.807) is 0 Å².